The summed E-state index contributed by atoms with van der Waals surface area (Å²) in [5, 5.41) is 39.1. The Balaban J connectivity index is 1.98. The fourth-order valence-electron chi connectivity index (χ4n) is 5.43. The Kier molecular flexibility index (Phi) is 7.21. The van der Waals surface area contributed by atoms with Crippen LogP contribution in [0.3, 0.4) is 0 Å². The fourth-order valence-corrected chi connectivity index (χ4v) is 5.43. The van der Waals surface area contributed by atoms with Crippen molar-refractivity contribution in [1.82, 2.24) is 0 Å². The minimum Gasteiger partial charge on any atom is -0.238 e. The fraction of sp³-hybridized carbons (Fsp3) is 0. The molecule has 8 nitrogen and oxygen atoms in total. The average Bonchev–Trinajstić information content (AvgIpc) is 3.52. The highest BCUT2D eigenvalue weighted by Crippen LogP contribution is 2.56. The van der Waals surface area contributed by atoms with Crippen molar-refractivity contribution in [2.24, 2.45) is 0 Å². The SMILES string of the molecule is [C-]#[N+]C1=C(c2c(F)cc([N+]#[C-])cc2F)/C(=C(/C#N)[N+]#[C-])c2cc3c(cc21)C(C#N)=C(c1c(F)cc(C#N)cc1F)/C3=C(\C#N)[N+]#[C-]. The minimum absolute atomic E-state index is 0.112. The van der Waals surface area contributed by atoms with Gasteiger partial charge in [0.15, 0.2) is 5.69 Å². The van der Waals surface area contributed by atoms with Crippen molar-refractivity contribution < 1.29 is 17.6 Å². The summed E-state index contributed by atoms with van der Waals surface area (Å²) in [6.45, 7) is 30.2. The summed E-state index contributed by atoms with van der Waals surface area (Å²) in [6, 6.07) is 11.9. The highest BCUT2D eigenvalue weighted by Gasteiger charge is 2.39. The lowest BCUT2D eigenvalue weighted by molar-refractivity contribution is 0.577. The van der Waals surface area contributed by atoms with Gasteiger partial charge in [-0.15, -0.1) is 0 Å². The molecule has 46 heavy (non-hydrogen) atoms. The zero-order valence-electron chi connectivity index (χ0n) is 22.6. The first-order valence-electron chi connectivity index (χ1n) is 12.4. The summed E-state index contributed by atoms with van der Waals surface area (Å²) in [4.78, 5) is 12.8. The molecule has 210 valence electrons. The maximum Gasteiger partial charge on any atom is 0.270 e. The number of nitriles is 4. The molecule has 0 aromatic heterocycles. The quantitative estimate of drug-likeness (QED) is 0.167. The average molecular weight is 602 g/mol. The van der Waals surface area contributed by atoms with Gasteiger partial charge in [0.2, 0.25) is 5.70 Å². The van der Waals surface area contributed by atoms with Crippen molar-refractivity contribution in [2.45, 2.75) is 0 Å². The number of fused-ring (bicyclic) bond motifs is 2. The molecular formula is C34H6F4N8. The van der Waals surface area contributed by atoms with Gasteiger partial charge in [0.1, 0.15) is 29.3 Å². The van der Waals surface area contributed by atoms with Crippen LogP contribution in [0.2, 0.25) is 0 Å². The lowest BCUT2D eigenvalue weighted by Gasteiger charge is -2.14. The van der Waals surface area contributed by atoms with E-state index in [0.717, 1.165) is 0 Å². The van der Waals surface area contributed by atoms with Crippen LogP contribution in [0.1, 0.15) is 38.9 Å². The molecule has 0 amide bonds. The van der Waals surface area contributed by atoms with Gasteiger partial charge in [0, 0.05) is 16.7 Å². The smallest absolute Gasteiger partial charge is 0.238 e. The lowest BCUT2D eigenvalue weighted by Crippen LogP contribution is -1.99. The maximum absolute atomic E-state index is 15.4. The number of allylic oxidation sites excluding steroid dienone is 7. The summed E-state index contributed by atoms with van der Waals surface area (Å²) >= 11 is 0. The van der Waals surface area contributed by atoms with Crippen molar-refractivity contribution in [1.29, 1.82) is 21.0 Å². The van der Waals surface area contributed by atoms with E-state index in [4.69, 9.17) is 31.6 Å². The lowest BCUT2D eigenvalue weighted by atomic mass is 9.90. The van der Waals surface area contributed by atoms with Crippen LogP contribution in [0.4, 0.5) is 23.2 Å². The molecule has 0 saturated carbocycles. The Hall–Kier alpha value is -7.74. The number of hydrogen-bond acceptors (Lipinski definition) is 4. The summed E-state index contributed by atoms with van der Waals surface area (Å²) in [7, 11) is 0. The Morgan fingerprint density at radius 3 is 1.50 bits per heavy atom. The second-order valence-electron chi connectivity index (χ2n) is 9.36. The normalized spacial score (nSPS) is 14.7. The van der Waals surface area contributed by atoms with Gasteiger partial charge in [0.05, 0.1) is 61.2 Å². The predicted octanol–water partition coefficient (Wildman–Crippen LogP) is 8.22. The van der Waals surface area contributed by atoms with Crippen molar-refractivity contribution in [3.63, 3.8) is 0 Å². The van der Waals surface area contributed by atoms with Crippen molar-refractivity contribution in [3.8, 4) is 24.3 Å². The van der Waals surface area contributed by atoms with Gasteiger partial charge in [0.25, 0.3) is 11.4 Å². The van der Waals surface area contributed by atoms with Crippen LogP contribution in [-0.4, -0.2) is 0 Å². The predicted molar refractivity (Wildman–Crippen MR) is 154 cm³/mol. The first kappa shape index (κ1) is 29.7. The molecule has 2 aliphatic carbocycles. The molecular weight excluding hydrogens is 596 g/mol. The Bertz CT molecular complexity index is 2250. The van der Waals surface area contributed by atoms with Gasteiger partial charge in [-0.3, -0.25) is 0 Å². The third-order valence-corrected chi connectivity index (χ3v) is 7.17. The number of hydrogen-bond donors (Lipinski definition) is 0. The molecule has 0 aliphatic heterocycles. The molecule has 5 rings (SSSR count). The molecule has 12 heteroatoms. The Morgan fingerprint density at radius 1 is 0.565 bits per heavy atom. The van der Waals surface area contributed by atoms with E-state index in [9.17, 15) is 15.8 Å². The van der Waals surface area contributed by atoms with Gasteiger partial charge in [-0.1, -0.05) is 6.07 Å². The van der Waals surface area contributed by atoms with Crippen LogP contribution < -0.4 is 0 Å². The topological polar surface area (TPSA) is 113 Å². The number of halogens is 4. The minimum atomic E-state index is -1.28. The van der Waals surface area contributed by atoms with E-state index in [1.54, 1.807) is 18.2 Å². The molecule has 2 aliphatic rings. The highest BCUT2D eigenvalue weighted by molar-refractivity contribution is 6.29. The summed E-state index contributed by atoms with van der Waals surface area (Å²) < 4.78 is 61.5. The van der Waals surface area contributed by atoms with E-state index in [2.05, 4.69) is 19.4 Å². The van der Waals surface area contributed by atoms with Gasteiger partial charge in [-0.25, -0.2) is 47.5 Å². The summed E-state index contributed by atoms with van der Waals surface area (Å²) in [5.41, 5.74) is -6.95. The van der Waals surface area contributed by atoms with E-state index < -0.39 is 85.0 Å². The van der Waals surface area contributed by atoms with Gasteiger partial charge < -0.3 is 0 Å². The third-order valence-electron chi connectivity index (χ3n) is 7.17. The zero-order chi connectivity index (χ0) is 33.4. The molecule has 0 saturated heterocycles. The molecule has 0 fully saturated rings. The van der Waals surface area contributed by atoms with Crippen molar-refractivity contribution >= 4 is 39.2 Å². The maximum atomic E-state index is 15.4. The second-order valence-corrected chi connectivity index (χ2v) is 9.36. The van der Waals surface area contributed by atoms with Crippen LogP contribution in [0, 0.1) is 94.9 Å². The van der Waals surface area contributed by atoms with E-state index in [1.807, 2.05) is 6.07 Å². The molecule has 0 bridgehead atoms. The van der Waals surface area contributed by atoms with Crippen LogP contribution in [-0.2, 0) is 0 Å². The summed E-state index contributed by atoms with van der Waals surface area (Å²) in [6.07, 6.45) is 0. The van der Waals surface area contributed by atoms with Gasteiger partial charge in [-0.05, 0) is 63.7 Å². The first-order chi connectivity index (χ1) is 22.1. The summed E-state index contributed by atoms with van der Waals surface area (Å²) in [5.74, 6) is -5.10. The molecule has 0 heterocycles. The zero-order valence-corrected chi connectivity index (χ0v) is 22.6. The Labute approximate surface area is 257 Å². The number of benzene rings is 3. The number of rotatable bonds is 2. The van der Waals surface area contributed by atoms with Crippen LogP contribution >= 0.6 is 0 Å². The standard InChI is InChI=1S/C34H6F4N8/c1-43-16-7-24(37)32(25(38)8-16)33-29(27(14-42)45-3)19-10-18-17(9-20(19)34(33)46-4)21(12-40)30(28(18)26(13-41)44-2)31-22(35)5-15(11-39)6-23(31)36/h5-10H/b28-26+,29-27-. The molecule has 0 atom stereocenters. The van der Waals surface area contributed by atoms with Crippen LogP contribution in [0.15, 0.2) is 47.8 Å². The van der Waals surface area contributed by atoms with Crippen LogP contribution in [0.5, 0.6) is 0 Å². The van der Waals surface area contributed by atoms with E-state index >= 15 is 17.6 Å². The number of nitrogens with zero attached hydrogens (tertiary/aromatic N) is 8. The third kappa shape index (κ3) is 4.15. The molecule has 0 radical (unpaired) electrons. The van der Waals surface area contributed by atoms with E-state index in [0.29, 0.717) is 24.3 Å². The van der Waals surface area contributed by atoms with E-state index in [1.165, 1.54) is 12.1 Å². The van der Waals surface area contributed by atoms with Crippen molar-refractivity contribution in [3.05, 3.63) is 156 Å². The molecule has 0 unspecified atom stereocenters. The molecule has 0 N–H and O–H groups in total. The Morgan fingerprint density at radius 2 is 1.04 bits per heavy atom. The van der Waals surface area contributed by atoms with Crippen LogP contribution in [0.25, 0.3) is 52.9 Å². The molecule has 3 aromatic carbocycles. The van der Waals surface area contributed by atoms with E-state index in [-0.39, 0.29) is 27.8 Å². The van der Waals surface area contributed by atoms with Gasteiger partial charge >= 0.3 is 0 Å². The largest absolute Gasteiger partial charge is 0.270 e. The first-order valence-corrected chi connectivity index (χ1v) is 12.4. The molecule has 3 aromatic rings. The van der Waals surface area contributed by atoms with Crippen molar-refractivity contribution in [2.75, 3.05) is 0 Å². The molecule has 0 spiro atoms. The van der Waals surface area contributed by atoms with Gasteiger partial charge in [-0.2, -0.15) is 10.5 Å². The monoisotopic (exact) mass is 602 g/mol. The second kappa shape index (κ2) is 11.2. The highest BCUT2D eigenvalue weighted by atomic mass is 19.1.